The molecule has 0 bridgehead atoms. The van der Waals surface area contributed by atoms with Crippen LogP contribution in [0.3, 0.4) is 0 Å². The lowest BCUT2D eigenvalue weighted by Gasteiger charge is -2.21. The van der Waals surface area contributed by atoms with Gasteiger partial charge in [-0.05, 0) is 63.2 Å². The minimum atomic E-state index is -4.96. The van der Waals surface area contributed by atoms with Gasteiger partial charge in [-0.15, -0.1) is 0 Å². The van der Waals surface area contributed by atoms with E-state index in [4.69, 9.17) is 37.0 Å². The maximum absolute atomic E-state index is 13.0. The Morgan fingerprint density at radius 3 is 0.934 bits per heavy atom. The largest absolute Gasteiger partial charge is 0.472 e. The molecule has 0 saturated carbocycles. The summed E-state index contributed by atoms with van der Waals surface area (Å²) in [5.41, 5.74) is 0. The Kier molecular flexibility index (Phi) is 61.9. The summed E-state index contributed by atoms with van der Waals surface area (Å²) in [6.07, 6.45) is 52.0. The van der Waals surface area contributed by atoms with Gasteiger partial charge in [-0.3, -0.25) is 37.3 Å². The molecule has 0 amide bonds. The summed E-state index contributed by atoms with van der Waals surface area (Å²) in [6, 6.07) is 0. The third-order valence-electron chi connectivity index (χ3n) is 16.8. The summed E-state index contributed by atoms with van der Waals surface area (Å²) in [4.78, 5) is 72.6. The molecule has 3 N–H and O–H groups in total. The third-order valence-corrected chi connectivity index (χ3v) is 18.7. The summed E-state index contributed by atoms with van der Waals surface area (Å²) in [5.74, 6) is -0.616. The number of hydrogen-bond donors (Lipinski definition) is 3. The first kappa shape index (κ1) is 88.5. The van der Waals surface area contributed by atoms with Crippen LogP contribution >= 0.6 is 15.6 Å². The molecule has 0 rings (SSSR count). The highest BCUT2D eigenvalue weighted by atomic mass is 31.2. The van der Waals surface area contributed by atoms with Gasteiger partial charge in [0.1, 0.15) is 19.3 Å². The van der Waals surface area contributed by atoms with Gasteiger partial charge < -0.3 is 33.8 Å². The van der Waals surface area contributed by atoms with Gasteiger partial charge in [-0.2, -0.15) is 0 Å². The van der Waals surface area contributed by atoms with Crippen molar-refractivity contribution in [1.82, 2.24) is 0 Å². The lowest BCUT2D eigenvalue weighted by Crippen LogP contribution is -2.30. The summed E-state index contributed by atoms with van der Waals surface area (Å²) in [7, 11) is -9.92. The van der Waals surface area contributed by atoms with E-state index in [0.717, 1.165) is 121 Å². The first-order valence-electron chi connectivity index (χ1n) is 36.9. The Balaban J connectivity index is 5.30. The molecule has 0 aliphatic heterocycles. The maximum atomic E-state index is 13.0. The number of ether oxygens (including phenoxy) is 4. The van der Waals surface area contributed by atoms with E-state index in [2.05, 4.69) is 65.8 Å². The number of aliphatic hydroxyl groups excluding tert-OH is 1. The first-order valence-corrected chi connectivity index (χ1v) is 39.9. The number of aliphatic hydroxyl groups is 1. The molecule has 0 radical (unpaired) electrons. The van der Waals surface area contributed by atoms with Crippen LogP contribution in [-0.4, -0.2) is 96.7 Å². The SMILES string of the molecule is CCCCCC/C=C\C=C/CCCCCCCC(=O)O[C@H](COC(=O)CCCCCCCCCCCCC(C)CC)COP(=O)(O)OC[C@@H](O)COP(=O)(O)OC[C@@H](COC(=O)CCCCCCCCC(C)CC)OC(=O)CCCCCCCCCCCCCC. The zero-order valence-corrected chi connectivity index (χ0v) is 60.4. The topological polar surface area (TPSA) is 237 Å². The lowest BCUT2D eigenvalue weighted by atomic mass is 9.99. The molecule has 0 heterocycles. The van der Waals surface area contributed by atoms with Crippen molar-refractivity contribution in [3.8, 4) is 0 Å². The number of hydrogen-bond acceptors (Lipinski definition) is 15. The quantitative estimate of drug-likeness (QED) is 0.0169. The molecule has 0 fully saturated rings. The monoisotopic (exact) mass is 1330 g/mol. The van der Waals surface area contributed by atoms with E-state index in [0.29, 0.717) is 25.7 Å². The van der Waals surface area contributed by atoms with Gasteiger partial charge in [0.15, 0.2) is 12.2 Å². The Bertz CT molecular complexity index is 1870. The van der Waals surface area contributed by atoms with Crippen LogP contribution in [0.2, 0.25) is 0 Å². The number of esters is 4. The Labute approximate surface area is 554 Å². The average Bonchev–Trinajstić information content (AvgIpc) is 3.09. The summed E-state index contributed by atoms with van der Waals surface area (Å²) in [6.45, 7) is 9.48. The fraction of sp³-hybridized carbons (Fsp3) is 0.889. The second-order valence-corrected chi connectivity index (χ2v) is 28.7. The fourth-order valence-electron chi connectivity index (χ4n) is 10.3. The van der Waals surface area contributed by atoms with E-state index in [1.165, 1.54) is 141 Å². The van der Waals surface area contributed by atoms with Crippen LogP contribution in [0, 0.1) is 11.8 Å². The maximum Gasteiger partial charge on any atom is 0.472 e. The Morgan fingerprint density at radius 1 is 0.352 bits per heavy atom. The van der Waals surface area contributed by atoms with Crippen molar-refractivity contribution in [1.29, 1.82) is 0 Å². The van der Waals surface area contributed by atoms with Gasteiger partial charge >= 0.3 is 39.5 Å². The molecule has 91 heavy (non-hydrogen) atoms. The van der Waals surface area contributed by atoms with E-state index in [1.807, 2.05) is 0 Å². The number of rotatable bonds is 69. The Hall–Kier alpha value is -2.46. The van der Waals surface area contributed by atoms with Crippen molar-refractivity contribution in [3.05, 3.63) is 24.3 Å². The molecule has 17 nitrogen and oxygen atoms in total. The van der Waals surface area contributed by atoms with E-state index >= 15 is 0 Å². The molecule has 7 atom stereocenters. The first-order chi connectivity index (χ1) is 43.9. The molecule has 0 saturated heterocycles. The molecular weight excluding hydrogens is 1200 g/mol. The van der Waals surface area contributed by atoms with Crippen LogP contribution in [-0.2, 0) is 65.4 Å². The van der Waals surface area contributed by atoms with Gasteiger partial charge in [0, 0.05) is 25.7 Å². The predicted molar refractivity (Wildman–Crippen MR) is 367 cm³/mol. The van der Waals surface area contributed by atoms with Gasteiger partial charge in [-0.25, -0.2) is 9.13 Å². The van der Waals surface area contributed by atoms with Crippen LogP contribution < -0.4 is 0 Å². The molecule has 0 aromatic rings. The number of carbonyl (C=O) groups excluding carboxylic acids is 4. The molecule has 0 aliphatic rings. The summed E-state index contributed by atoms with van der Waals surface area (Å²) < 4.78 is 68.3. The molecule has 536 valence electrons. The van der Waals surface area contributed by atoms with E-state index < -0.39 is 97.5 Å². The molecule has 0 aliphatic carbocycles. The van der Waals surface area contributed by atoms with Crippen molar-refractivity contribution in [2.45, 2.75) is 362 Å². The van der Waals surface area contributed by atoms with Crippen molar-refractivity contribution >= 4 is 39.5 Å². The van der Waals surface area contributed by atoms with Crippen molar-refractivity contribution < 1.29 is 80.2 Å². The molecule has 0 aromatic carbocycles. The van der Waals surface area contributed by atoms with Crippen LogP contribution in [0.4, 0.5) is 0 Å². The van der Waals surface area contributed by atoms with Crippen LogP contribution in [0.1, 0.15) is 343 Å². The van der Waals surface area contributed by atoms with E-state index in [1.54, 1.807) is 0 Å². The highest BCUT2D eigenvalue weighted by Gasteiger charge is 2.30. The van der Waals surface area contributed by atoms with E-state index in [9.17, 15) is 43.2 Å². The van der Waals surface area contributed by atoms with Crippen LogP contribution in [0.5, 0.6) is 0 Å². The number of allylic oxidation sites excluding steroid dienone is 4. The summed E-state index contributed by atoms with van der Waals surface area (Å²) in [5, 5.41) is 10.6. The van der Waals surface area contributed by atoms with Gasteiger partial charge in [0.25, 0.3) is 0 Å². The van der Waals surface area contributed by atoms with Crippen molar-refractivity contribution in [2.75, 3.05) is 39.6 Å². The van der Waals surface area contributed by atoms with Crippen LogP contribution in [0.25, 0.3) is 0 Å². The highest BCUT2D eigenvalue weighted by molar-refractivity contribution is 7.47. The number of unbranched alkanes of at least 4 members (excludes halogenated alkanes) is 34. The van der Waals surface area contributed by atoms with Gasteiger partial charge in [-0.1, -0.05) is 291 Å². The van der Waals surface area contributed by atoms with Crippen LogP contribution in [0.15, 0.2) is 24.3 Å². The minimum absolute atomic E-state index is 0.0847. The minimum Gasteiger partial charge on any atom is -0.462 e. The predicted octanol–water partition coefficient (Wildman–Crippen LogP) is 20.3. The van der Waals surface area contributed by atoms with Gasteiger partial charge in [0.05, 0.1) is 26.4 Å². The molecule has 0 spiro atoms. The number of carbonyl (C=O) groups is 4. The standard InChI is InChI=1S/C72H136O17P2/c1-7-11-13-15-17-19-21-23-24-25-27-33-37-45-51-57-72(77)88-67(60-82-69(74)54-48-42-35-31-29-28-30-34-40-46-52-64(5)9-3)62-86-90(78,79)84-58-66(73)59-85-91(80,81)87-63-68(61-83-70(75)55-49-43-39-38-41-47-53-65(6)10-4)89-71(76)56-50-44-36-32-26-22-20-18-16-14-12-8-2/h19,21,23-24,64-68,73H,7-18,20,22,25-63H2,1-6H3,(H,78,79)(H,80,81)/b21-19-,24-23-/t64?,65?,66-,67-,68-/m1/s1. The smallest absolute Gasteiger partial charge is 0.462 e. The molecule has 0 aromatic heterocycles. The molecular formula is C72H136O17P2. The second-order valence-electron chi connectivity index (χ2n) is 25.8. The van der Waals surface area contributed by atoms with Crippen molar-refractivity contribution in [2.24, 2.45) is 11.8 Å². The zero-order chi connectivity index (χ0) is 67.2. The lowest BCUT2D eigenvalue weighted by molar-refractivity contribution is -0.161. The number of phosphoric acid groups is 2. The Morgan fingerprint density at radius 2 is 0.615 bits per heavy atom. The number of phosphoric ester groups is 2. The third kappa shape index (κ3) is 63.4. The zero-order valence-electron chi connectivity index (χ0n) is 58.6. The fourth-order valence-corrected chi connectivity index (χ4v) is 11.9. The molecule has 19 heteroatoms. The average molecular weight is 1340 g/mol. The highest BCUT2D eigenvalue weighted by Crippen LogP contribution is 2.45. The van der Waals surface area contributed by atoms with Crippen molar-refractivity contribution in [3.63, 3.8) is 0 Å². The normalized spacial score (nSPS) is 14.9. The van der Waals surface area contributed by atoms with E-state index in [-0.39, 0.29) is 25.7 Å². The second kappa shape index (κ2) is 63.6. The van der Waals surface area contributed by atoms with Gasteiger partial charge in [0.2, 0.25) is 0 Å². The summed E-state index contributed by atoms with van der Waals surface area (Å²) >= 11 is 0. The molecule has 4 unspecified atom stereocenters.